The van der Waals surface area contributed by atoms with Crippen molar-refractivity contribution in [2.45, 2.75) is 6.42 Å². The molecule has 0 bridgehead atoms. The summed E-state index contributed by atoms with van der Waals surface area (Å²) in [6.07, 6.45) is 9.73. The maximum atomic E-state index is 5.22. The molecule has 1 aliphatic heterocycles. The van der Waals surface area contributed by atoms with Crippen molar-refractivity contribution in [3.8, 4) is 12.3 Å². The first-order chi connectivity index (χ1) is 3.93. The molecule has 42 valence electrons. The Labute approximate surface area is 52.1 Å². The Morgan fingerprint density at radius 3 is 3.00 bits per heavy atom. The first-order valence-corrected chi connectivity index (χ1v) is 4.06. The highest BCUT2D eigenvalue weighted by molar-refractivity contribution is 7.41. The van der Waals surface area contributed by atoms with Gasteiger partial charge in [-0.3, -0.25) is 0 Å². The van der Waals surface area contributed by atoms with Crippen molar-refractivity contribution in [2.75, 3.05) is 6.16 Å². The molecular weight excluding hydrogens is 115 g/mol. The molecule has 1 heteroatoms. The summed E-state index contributed by atoms with van der Waals surface area (Å²) < 4.78 is 0. The Morgan fingerprint density at radius 1 is 1.75 bits per heavy atom. The van der Waals surface area contributed by atoms with E-state index in [-0.39, 0.29) is 0 Å². The number of rotatable bonds is 0. The van der Waals surface area contributed by atoms with Crippen LogP contribution in [0, 0.1) is 18.3 Å². The maximum absolute atomic E-state index is 5.22. The Kier molecular flexibility index (Phi) is 2.12. The Morgan fingerprint density at radius 2 is 2.62 bits per heavy atom. The monoisotopic (exact) mass is 124 g/mol. The van der Waals surface area contributed by atoms with E-state index in [4.69, 9.17) is 6.42 Å². The molecule has 0 spiro atoms. The molecule has 2 unspecified atom stereocenters. The fourth-order valence-corrected chi connectivity index (χ4v) is 1.74. The van der Waals surface area contributed by atoms with E-state index < -0.39 is 0 Å². The zero-order valence-corrected chi connectivity index (χ0v) is 5.72. The van der Waals surface area contributed by atoms with E-state index >= 15 is 0 Å². The van der Waals surface area contributed by atoms with Crippen LogP contribution in [0.3, 0.4) is 0 Å². The third kappa shape index (κ3) is 1.35. The van der Waals surface area contributed by atoms with Gasteiger partial charge in [0.2, 0.25) is 0 Å². The van der Waals surface area contributed by atoms with Crippen LogP contribution in [0.4, 0.5) is 0 Å². The van der Waals surface area contributed by atoms with Crippen molar-refractivity contribution >= 4 is 8.58 Å². The fourth-order valence-electron chi connectivity index (χ4n) is 0.736. The Balaban J connectivity index is 2.41. The van der Waals surface area contributed by atoms with Crippen LogP contribution >= 0.6 is 8.58 Å². The average Bonchev–Trinajstić information content (AvgIpc) is 1.90. The Hall–Kier alpha value is -0.270. The topological polar surface area (TPSA) is 0 Å². The van der Waals surface area contributed by atoms with Crippen molar-refractivity contribution in [2.24, 2.45) is 5.92 Å². The summed E-state index contributed by atoms with van der Waals surface area (Å²) in [5, 5.41) is 0. The van der Waals surface area contributed by atoms with Crippen LogP contribution in [0.5, 0.6) is 0 Å². The van der Waals surface area contributed by atoms with Gasteiger partial charge in [0, 0.05) is 5.92 Å². The highest BCUT2D eigenvalue weighted by atomic mass is 31.1. The quantitative estimate of drug-likeness (QED) is 0.341. The Bertz CT molecular complexity index is 130. The van der Waals surface area contributed by atoms with Gasteiger partial charge in [-0.15, -0.1) is 12.3 Å². The molecular formula is C7H9P. The minimum atomic E-state index is 0.540. The van der Waals surface area contributed by atoms with Crippen molar-refractivity contribution in [1.29, 1.82) is 0 Å². The van der Waals surface area contributed by atoms with Crippen molar-refractivity contribution in [3.05, 3.63) is 11.9 Å². The highest BCUT2D eigenvalue weighted by Crippen LogP contribution is 2.24. The van der Waals surface area contributed by atoms with E-state index in [1.165, 1.54) is 6.16 Å². The lowest BCUT2D eigenvalue weighted by Crippen LogP contribution is -1.99. The van der Waals surface area contributed by atoms with Gasteiger partial charge in [-0.05, 0) is 12.6 Å². The maximum Gasteiger partial charge on any atom is 0.0274 e. The van der Waals surface area contributed by atoms with E-state index in [1.807, 2.05) is 0 Å². The van der Waals surface area contributed by atoms with Gasteiger partial charge in [0.05, 0.1) is 0 Å². The van der Waals surface area contributed by atoms with E-state index in [1.54, 1.807) is 0 Å². The molecule has 0 amide bonds. The first-order valence-electron chi connectivity index (χ1n) is 2.78. The first kappa shape index (κ1) is 5.86. The zero-order chi connectivity index (χ0) is 5.82. The van der Waals surface area contributed by atoms with Crippen LogP contribution in [0.15, 0.2) is 11.9 Å². The minimum absolute atomic E-state index is 0.540. The van der Waals surface area contributed by atoms with Gasteiger partial charge in [0.15, 0.2) is 0 Å². The van der Waals surface area contributed by atoms with Gasteiger partial charge < -0.3 is 0 Å². The smallest absolute Gasteiger partial charge is 0.0274 e. The van der Waals surface area contributed by atoms with Crippen LogP contribution in [0.2, 0.25) is 0 Å². The normalized spacial score (nSPS) is 30.1. The fraction of sp³-hybridized carbons (Fsp3) is 0.429. The number of terminal acetylenes is 1. The molecule has 0 aromatic rings. The average molecular weight is 124 g/mol. The number of allylic oxidation sites excluding steroid dienone is 1. The van der Waals surface area contributed by atoms with Crippen molar-refractivity contribution in [1.82, 2.24) is 0 Å². The second-order valence-electron chi connectivity index (χ2n) is 1.91. The van der Waals surface area contributed by atoms with Gasteiger partial charge in [-0.2, -0.15) is 0 Å². The molecule has 0 fully saturated rings. The molecule has 0 saturated carbocycles. The van der Waals surface area contributed by atoms with Crippen LogP contribution < -0.4 is 0 Å². The van der Waals surface area contributed by atoms with Gasteiger partial charge in [-0.1, -0.05) is 20.5 Å². The van der Waals surface area contributed by atoms with Crippen molar-refractivity contribution < 1.29 is 0 Å². The molecule has 2 atom stereocenters. The standard InChI is InChI=1S/C7H9P/c1-2-7-4-3-5-8-6-7/h1,3,5,7-8H,4,6H2. The molecule has 0 aromatic heterocycles. The van der Waals surface area contributed by atoms with E-state index in [2.05, 4.69) is 17.8 Å². The van der Waals surface area contributed by atoms with Crippen molar-refractivity contribution in [3.63, 3.8) is 0 Å². The summed E-state index contributed by atoms with van der Waals surface area (Å²) in [7, 11) is 0.966. The molecule has 1 heterocycles. The minimum Gasteiger partial charge on any atom is -0.120 e. The molecule has 0 aromatic carbocycles. The SMILES string of the molecule is C#CC1CC=CPC1. The molecule has 0 aliphatic carbocycles. The summed E-state index contributed by atoms with van der Waals surface area (Å²) in [5.74, 6) is 5.53. The number of hydrogen-bond acceptors (Lipinski definition) is 0. The van der Waals surface area contributed by atoms with Gasteiger partial charge in [0.1, 0.15) is 0 Å². The lowest BCUT2D eigenvalue weighted by molar-refractivity contribution is 0.779. The summed E-state index contributed by atoms with van der Waals surface area (Å²) >= 11 is 0. The third-order valence-electron chi connectivity index (χ3n) is 1.26. The summed E-state index contributed by atoms with van der Waals surface area (Å²) in [6, 6.07) is 0. The lowest BCUT2D eigenvalue weighted by Gasteiger charge is -2.09. The molecule has 0 saturated heterocycles. The largest absolute Gasteiger partial charge is 0.120 e. The second-order valence-corrected chi connectivity index (χ2v) is 3.06. The molecule has 1 rings (SSSR count). The highest BCUT2D eigenvalue weighted by Gasteiger charge is 2.03. The lowest BCUT2D eigenvalue weighted by atomic mass is 10.1. The second kappa shape index (κ2) is 2.90. The summed E-state index contributed by atoms with van der Waals surface area (Å²) in [4.78, 5) is 0. The molecule has 0 radical (unpaired) electrons. The van der Waals surface area contributed by atoms with Gasteiger partial charge >= 0.3 is 0 Å². The van der Waals surface area contributed by atoms with E-state index in [9.17, 15) is 0 Å². The molecule has 1 aliphatic rings. The van der Waals surface area contributed by atoms with Crippen LogP contribution in [-0.2, 0) is 0 Å². The summed E-state index contributed by atoms with van der Waals surface area (Å²) in [6.45, 7) is 0. The molecule has 0 nitrogen and oxygen atoms in total. The summed E-state index contributed by atoms with van der Waals surface area (Å²) in [5.41, 5.74) is 0. The van der Waals surface area contributed by atoms with Gasteiger partial charge in [-0.25, -0.2) is 0 Å². The van der Waals surface area contributed by atoms with Crippen LogP contribution in [0.25, 0.3) is 0 Å². The predicted octanol–water partition coefficient (Wildman–Crippen LogP) is 1.83. The van der Waals surface area contributed by atoms with Crippen LogP contribution in [0.1, 0.15) is 6.42 Å². The number of hydrogen-bond donors (Lipinski definition) is 0. The molecule has 0 N–H and O–H groups in total. The zero-order valence-electron chi connectivity index (χ0n) is 4.72. The van der Waals surface area contributed by atoms with Crippen LogP contribution in [-0.4, -0.2) is 6.16 Å². The van der Waals surface area contributed by atoms with E-state index in [0.717, 1.165) is 15.0 Å². The third-order valence-corrected chi connectivity index (χ3v) is 2.46. The van der Waals surface area contributed by atoms with Gasteiger partial charge in [0.25, 0.3) is 0 Å². The van der Waals surface area contributed by atoms with E-state index in [0.29, 0.717) is 5.92 Å². The predicted molar refractivity (Wildman–Crippen MR) is 39.3 cm³/mol. The molecule has 8 heavy (non-hydrogen) atoms.